The van der Waals surface area contributed by atoms with Gasteiger partial charge in [0.05, 0.1) is 0 Å². The van der Waals surface area contributed by atoms with E-state index in [-0.39, 0.29) is 5.92 Å². The van der Waals surface area contributed by atoms with E-state index in [1.807, 2.05) is 0 Å². The number of hydrogen-bond acceptors (Lipinski definition) is 2. The summed E-state index contributed by atoms with van der Waals surface area (Å²) in [5, 5.41) is 12.2. The molecular weight excluding hydrogens is 254 g/mol. The van der Waals surface area contributed by atoms with Gasteiger partial charge in [0, 0.05) is 10.7 Å². The third kappa shape index (κ3) is 3.23. The normalized spacial score (nSPS) is 12.3. The van der Waals surface area contributed by atoms with Gasteiger partial charge >= 0.3 is 5.97 Å². The van der Waals surface area contributed by atoms with Gasteiger partial charge in [0.2, 0.25) is 5.91 Å². The second-order valence-electron chi connectivity index (χ2n) is 4.46. The summed E-state index contributed by atoms with van der Waals surface area (Å²) in [7, 11) is 0. The van der Waals surface area contributed by atoms with Gasteiger partial charge in [-0.1, -0.05) is 31.5 Å². The van der Waals surface area contributed by atoms with Crippen LogP contribution >= 0.6 is 11.6 Å². The number of carbonyl (C=O) groups is 2. The molecule has 4 nitrogen and oxygen atoms in total. The maximum absolute atomic E-state index is 11.9. The molecule has 0 aliphatic rings. The van der Waals surface area contributed by atoms with E-state index in [2.05, 4.69) is 5.32 Å². The smallest absolute Gasteiger partial charge is 0.316 e. The third-order valence-corrected chi connectivity index (χ3v) is 3.15. The number of hydrogen-bond donors (Lipinski definition) is 2. The minimum Gasteiger partial charge on any atom is -0.481 e. The second kappa shape index (κ2) is 5.87. The fraction of sp³-hybridized carbons (Fsp3) is 0.385. The first-order valence-electron chi connectivity index (χ1n) is 5.63. The van der Waals surface area contributed by atoms with Crippen molar-refractivity contribution in [2.45, 2.75) is 20.8 Å². The zero-order chi connectivity index (χ0) is 13.9. The number of carbonyl (C=O) groups excluding carboxylic acids is 1. The Morgan fingerprint density at radius 3 is 2.44 bits per heavy atom. The average molecular weight is 270 g/mol. The van der Waals surface area contributed by atoms with Gasteiger partial charge in [-0.3, -0.25) is 9.59 Å². The van der Waals surface area contributed by atoms with Crippen LogP contribution in [0.2, 0.25) is 5.02 Å². The average Bonchev–Trinajstić information content (AvgIpc) is 2.23. The van der Waals surface area contributed by atoms with Gasteiger partial charge in [0.15, 0.2) is 0 Å². The van der Waals surface area contributed by atoms with Crippen LogP contribution in [0, 0.1) is 18.8 Å². The number of carboxylic acid groups (broad SMARTS) is 1. The van der Waals surface area contributed by atoms with Crippen LogP contribution in [0.25, 0.3) is 0 Å². The summed E-state index contributed by atoms with van der Waals surface area (Å²) in [5.41, 5.74) is 1.26. The van der Waals surface area contributed by atoms with Crippen LogP contribution in [0.4, 0.5) is 5.69 Å². The van der Waals surface area contributed by atoms with Crippen LogP contribution in [0.5, 0.6) is 0 Å². The van der Waals surface area contributed by atoms with Crippen LogP contribution < -0.4 is 5.32 Å². The molecule has 1 amide bonds. The van der Waals surface area contributed by atoms with E-state index in [4.69, 9.17) is 16.7 Å². The van der Waals surface area contributed by atoms with Crippen molar-refractivity contribution in [2.75, 3.05) is 5.32 Å². The molecule has 0 radical (unpaired) electrons. The van der Waals surface area contributed by atoms with Crippen LogP contribution in [0.3, 0.4) is 0 Å². The lowest BCUT2D eigenvalue weighted by molar-refractivity contribution is -0.147. The van der Waals surface area contributed by atoms with Gasteiger partial charge in [-0.15, -0.1) is 0 Å². The van der Waals surface area contributed by atoms with Crippen molar-refractivity contribution >= 4 is 29.2 Å². The number of rotatable bonds is 4. The van der Waals surface area contributed by atoms with E-state index in [0.717, 1.165) is 5.56 Å². The van der Waals surface area contributed by atoms with E-state index >= 15 is 0 Å². The highest BCUT2D eigenvalue weighted by Crippen LogP contribution is 2.24. The number of carboxylic acids is 1. The standard InChI is InChI=1S/C13H16ClNO3/c1-7(2)11(13(17)18)12(16)15-10-6-4-5-9(14)8(10)3/h4-7,11H,1-3H3,(H,15,16)(H,17,18). The van der Waals surface area contributed by atoms with Crippen molar-refractivity contribution < 1.29 is 14.7 Å². The Morgan fingerprint density at radius 2 is 1.94 bits per heavy atom. The molecule has 0 heterocycles. The van der Waals surface area contributed by atoms with Crippen LogP contribution in [0.1, 0.15) is 19.4 Å². The number of anilines is 1. The highest BCUT2D eigenvalue weighted by atomic mass is 35.5. The molecule has 0 spiro atoms. The number of amides is 1. The molecule has 98 valence electrons. The summed E-state index contributed by atoms with van der Waals surface area (Å²) in [4.78, 5) is 23.0. The lowest BCUT2D eigenvalue weighted by Crippen LogP contribution is -2.33. The molecule has 0 aromatic heterocycles. The van der Waals surface area contributed by atoms with Crippen molar-refractivity contribution in [1.29, 1.82) is 0 Å². The van der Waals surface area contributed by atoms with Crippen molar-refractivity contribution in [3.8, 4) is 0 Å². The summed E-state index contributed by atoms with van der Waals surface area (Å²) in [6, 6.07) is 5.11. The van der Waals surface area contributed by atoms with Crippen LogP contribution in [0.15, 0.2) is 18.2 Å². The summed E-state index contributed by atoms with van der Waals surface area (Å²) in [6.07, 6.45) is 0. The molecule has 0 fully saturated rings. The van der Waals surface area contributed by atoms with Crippen molar-refractivity contribution in [2.24, 2.45) is 11.8 Å². The Balaban J connectivity index is 2.93. The van der Waals surface area contributed by atoms with Gasteiger partial charge in [-0.05, 0) is 30.5 Å². The lowest BCUT2D eigenvalue weighted by Gasteiger charge is -2.17. The zero-order valence-corrected chi connectivity index (χ0v) is 11.3. The van der Waals surface area contributed by atoms with E-state index in [1.54, 1.807) is 39.0 Å². The zero-order valence-electron chi connectivity index (χ0n) is 10.5. The van der Waals surface area contributed by atoms with E-state index < -0.39 is 17.8 Å². The van der Waals surface area contributed by atoms with Gasteiger partial charge in [0.25, 0.3) is 0 Å². The molecule has 0 saturated carbocycles. The Bertz CT molecular complexity index is 471. The summed E-state index contributed by atoms with van der Waals surface area (Å²) in [6.45, 7) is 5.16. The SMILES string of the molecule is Cc1c(Cl)cccc1NC(=O)C(C(=O)O)C(C)C. The monoisotopic (exact) mass is 269 g/mol. The predicted molar refractivity (Wildman–Crippen MR) is 70.8 cm³/mol. The van der Waals surface area contributed by atoms with Gasteiger partial charge in [-0.2, -0.15) is 0 Å². The first-order chi connectivity index (χ1) is 8.34. The fourth-order valence-electron chi connectivity index (χ4n) is 1.65. The van der Waals surface area contributed by atoms with E-state index in [0.29, 0.717) is 10.7 Å². The Labute approximate surface area is 111 Å². The molecule has 1 rings (SSSR count). The fourth-order valence-corrected chi connectivity index (χ4v) is 1.83. The minimum absolute atomic E-state index is 0.276. The quantitative estimate of drug-likeness (QED) is 0.826. The molecule has 1 aromatic carbocycles. The van der Waals surface area contributed by atoms with Gasteiger partial charge in [0.1, 0.15) is 5.92 Å². The Morgan fingerprint density at radius 1 is 1.33 bits per heavy atom. The number of benzene rings is 1. The molecule has 1 aromatic rings. The highest BCUT2D eigenvalue weighted by molar-refractivity contribution is 6.31. The van der Waals surface area contributed by atoms with Crippen molar-refractivity contribution in [3.05, 3.63) is 28.8 Å². The maximum atomic E-state index is 11.9. The lowest BCUT2D eigenvalue weighted by atomic mass is 9.95. The molecule has 18 heavy (non-hydrogen) atoms. The first kappa shape index (κ1) is 14.5. The summed E-state index contributed by atoms with van der Waals surface area (Å²) >= 11 is 5.93. The number of nitrogens with one attached hydrogen (secondary N) is 1. The number of halogens is 1. The van der Waals surface area contributed by atoms with E-state index in [9.17, 15) is 9.59 Å². The second-order valence-corrected chi connectivity index (χ2v) is 4.87. The molecule has 0 aliphatic heterocycles. The largest absolute Gasteiger partial charge is 0.481 e. The topological polar surface area (TPSA) is 66.4 Å². The molecular formula is C13H16ClNO3. The van der Waals surface area contributed by atoms with Gasteiger partial charge in [-0.25, -0.2) is 0 Å². The molecule has 0 bridgehead atoms. The van der Waals surface area contributed by atoms with Gasteiger partial charge < -0.3 is 10.4 Å². The van der Waals surface area contributed by atoms with Crippen molar-refractivity contribution in [3.63, 3.8) is 0 Å². The van der Waals surface area contributed by atoms with Crippen LogP contribution in [-0.2, 0) is 9.59 Å². The van der Waals surface area contributed by atoms with Crippen LogP contribution in [-0.4, -0.2) is 17.0 Å². The molecule has 0 aliphatic carbocycles. The van der Waals surface area contributed by atoms with E-state index in [1.165, 1.54) is 0 Å². The summed E-state index contributed by atoms with van der Waals surface area (Å²) in [5.74, 6) is -2.99. The van der Waals surface area contributed by atoms with Crippen molar-refractivity contribution in [1.82, 2.24) is 0 Å². The minimum atomic E-state index is -1.12. The molecule has 0 saturated heterocycles. The number of aliphatic carboxylic acids is 1. The predicted octanol–water partition coefficient (Wildman–Crippen LogP) is 2.94. The highest BCUT2D eigenvalue weighted by Gasteiger charge is 2.29. The summed E-state index contributed by atoms with van der Waals surface area (Å²) < 4.78 is 0. The Kier molecular flexibility index (Phi) is 4.73. The molecule has 1 atom stereocenters. The Hall–Kier alpha value is -1.55. The molecule has 2 N–H and O–H groups in total. The molecule has 5 heteroatoms. The molecule has 1 unspecified atom stereocenters. The first-order valence-corrected chi connectivity index (χ1v) is 6.01. The third-order valence-electron chi connectivity index (χ3n) is 2.74. The maximum Gasteiger partial charge on any atom is 0.316 e.